The molecule has 2 atom stereocenters. The molecule has 0 unspecified atom stereocenters. The number of hydrogen-bond donors (Lipinski definition) is 5. The lowest BCUT2D eigenvalue weighted by molar-refractivity contribution is 0.403. The first-order valence-electron chi connectivity index (χ1n) is 9.93. The van der Waals surface area contributed by atoms with Gasteiger partial charge in [-0.2, -0.15) is 5.10 Å². The smallest absolute Gasteiger partial charge is 0.275 e. The minimum atomic E-state index is -0.278. The summed E-state index contributed by atoms with van der Waals surface area (Å²) in [7, 11) is 0. The average Bonchev–Trinajstić information content (AvgIpc) is 3.20. The molecule has 0 amide bonds. The molecule has 4 aromatic rings. The molecular weight excluding hydrogens is 366 g/mol. The monoisotopic (exact) mass is 389 g/mol. The number of nitrogens with one attached hydrogen (secondary N) is 4. The Morgan fingerprint density at radius 2 is 2.07 bits per heavy atom. The highest BCUT2D eigenvalue weighted by molar-refractivity contribution is 5.98. The van der Waals surface area contributed by atoms with E-state index in [-0.39, 0.29) is 17.6 Å². The van der Waals surface area contributed by atoms with Crippen molar-refractivity contribution in [2.75, 3.05) is 10.6 Å². The van der Waals surface area contributed by atoms with Crippen LogP contribution in [-0.4, -0.2) is 32.2 Å². The number of aromatic nitrogens is 4. The topological polar surface area (TPSA) is 125 Å². The van der Waals surface area contributed by atoms with Gasteiger partial charge >= 0.3 is 0 Å². The Morgan fingerprint density at radius 3 is 2.97 bits per heavy atom. The van der Waals surface area contributed by atoms with Crippen LogP contribution < -0.4 is 21.9 Å². The number of aromatic amines is 2. The second-order valence-electron chi connectivity index (χ2n) is 7.59. The van der Waals surface area contributed by atoms with Crippen LogP contribution in [-0.2, 0) is 0 Å². The van der Waals surface area contributed by atoms with Gasteiger partial charge in [0.2, 0.25) is 0 Å². The van der Waals surface area contributed by atoms with Gasteiger partial charge in [-0.15, -0.1) is 0 Å². The van der Waals surface area contributed by atoms with Crippen LogP contribution in [0.25, 0.3) is 21.7 Å². The summed E-state index contributed by atoms with van der Waals surface area (Å²) in [6, 6.07) is 10.1. The Labute approximate surface area is 166 Å². The van der Waals surface area contributed by atoms with Crippen molar-refractivity contribution < 1.29 is 0 Å². The first kappa shape index (κ1) is 17.7. The molecule has 3 heterocycles. The molecular formula is C21H23N7O. The average molecular weight is 389 g/mol. The van der Waals surface area contributed by atoms with Crippen LogP contribution in [0, 0.1) is 0 Å². The van der Waals surface area contributed by atoms with Gasteiger partial charge in [-0.25, -0.2) is 10.1 Å². The predicted octanol–water partition coefficient (Wildman–Crippen LogP) is 3.22. The predicted molar refractivity (Wildman–Crippen MR) is 116 cm³/mol. The molecule has 0 saturated heterocycles. The van der Waals surface area contributed by atoms with E-state index in [1.54, 1.807) is 6.20 Å². The summed E-state index contributed by atoms with van der Waals surface area (Å²) >= 11 is 0. The van der Waals surface area contributed by atoms with Crippen molar-refractivity contribution in [2.45, 2.75) is 37.8 Å². The highest BCUT2D eigenvalue weighted by Crippen LogP contribution is 2.30. The molecule has 1 aliphatic rings. The highest BCUT2D eigenvalue weighted by Gasteiger charge is 2.22. The lowest BCUT2D eigenvalue weighted by atomic mass is 9.91. The van der Waals surface area contributed by atoms with Crippen LogP contribution in [0.3, 0.4) is 0 Å². The fourth-order valence-electron chi connectivity index (χ4n) is 4.14. The van der Waals surface area contributed by atoms with Crippen molar-refractivity contribution in [3.63, 3.8) is 0 Å². The molecule has 148 valence electrons. The third kappa shape index (κ3) is 3.31. The Balaban J connectivity index is 1.59. The van der Waals surface area contributed by atoms with Crippen molar-refractivity contribution in [3.8, 4) is 0 Å². The summed E-state index contributed by atoms with van der Waals surface area (Å²) in [5.74, 6) is 1.18. The molecule has 1 fully saturated rings. The molecule has 0 bridgehead atoms. The fourth-order valence-corrected chi connectivity index (χ4v) is 4.14. The molecule has 8 nitrogen and oxygen atoms in total. The van der Waals surface area contributed by atoms with Crippen molar-refractivity contribution in [3.05, 3.63) is 53.1 Å². The van der Waals surface area contributed by atoms with E-state index in [4.69, 9.17) is 10.7 Å². The summed E-state index contributed by atoms with van der Waals surface area (Å²) in [6.45, 7) is 0. The maximum absolute atomic E-state index is 12.5. The van der Waals surface area contributed by atoms with Crippen molar-refractivity contribution in [2.24, 2.45) is 5.73 Å². The van der Waals surface area contributed by atoms with Gasteiger partial charge in [0, 0.05) is 40.3 Å². The second-order valence-corrected chi connectivity index (χ2v) is 7.59. The Kier molecular flexibility index (Phi) is 4.40. The number of fused-ring (bicyclic) bond motifs is 2. The van der Waals surface area contributed by atoms with Crippen molar-refractivity contribution >= 4 is 39.0 Å². The molecule has 0 radical (unpaired) electrons. The summed E-state index contributed by atoms with van der Waals surface area (Å²) < 4.78 is 0. The zero-order valence-electron chi connectivity index (χ0n) is 15.9. The summed E-state index contributed by atoms with van der Waals surface area (Å²) in [5.41, 5.74) is 7.91. The van der Waals surface area contributed by atoms with E-state index in [2.05, 4.69) is 25.8 Å². The third-order valence-corrected chi connectivity index (χ3v) is 5.65. The molecule has 1 aliphatic carbocycles. The maximum Gasteiger partial charge on any atom is 0.275 e. The number of H-pyrrole nitrogens is 2. The molecule has 29 heavy (non-hydrogen) atoms. The van der Waals surface area contributed by atoms with Crippen molar-refractivity contribution in [1.29, 1.82) is 0 Å². The fraction of sp³-hybridized carbons (Fsp3) is 0.286. The SMILES string of the molecule is N[C@H]1CCCC[C@H]1Nc1cc2cn[nH]c(=O)c2c(Nc2cccc3[nH]ccc23)n1. The van der Waals surface area contributed by atoms with Gasteiger partial charge in [-0.05, 0) is 37.1 Å². The van der Waals surface area contributed by atoms with Crippen LogP contribution in [0.5, 0.6) is 0 Å². The quantitative estimate of drug-likeness (QED) is 0.365. The van der Waals surface area contributed by atoms with Gasteiger partial charge in [0.25, 0.3) is 5.56 Å². The van der Waals surface area contributed by atoms with Gasteiger partial charge in [-0.3, -0.25) is 4.79 Å². The Bertz CT molecular complexity index is 1230. The molecule has 3 aromatic heterocycles. The van der Waals surface area contributed by atoms with Gasteiger partial charge in [0.15, 0.2) is 0 Å². The standard InChI is InChI=1S/C21H23N7O/c22-14-4-1-2-5-17(14)25-18-10-12-11-24-28-21(29)19(12)20(27-18)26-16-7-3-6-15-13(16)8-9-23-15/h3,6-11,14,17,23H,1-2,4-5,22H2,(H,28,29)(H2,25,26,27)/t14-,17+/m0/s1. The molecule has 0 aliphatic heterocycles. The van der Waals surface area contributed by atoms with Crippen molar-refractivity contribution in [1.82, 2.24) is 20.2 Å². The highest BCUT2D eigenvalue weighted by atomic mass is 16.1. The number of nitrogens with two attached hydrogens (primary N) is 1. The zero-order chi connectivity index (χ0) is 19.8. The number of nitrogens with zero attached hydrogens (tertiary/aromatic N) is 2. The van der Waals surface area contributed by atoms with E-state index in [9.17, 15) is 4.79 Å². The van der Waals surface area contributed by atoms with E-state index >= 15 is 0 Å². The zero-order valence-corrected chi connectivity index (χ0v) is 15.9. The normalized spacial score (nSPS) is 19.5. The Hall–Kier alpha value is -3.39. The molecule has 6 N–H and O–H groups in total. The van der Waals surface area contributed by atoms with E-state index in [0.717, 1.165) is 47.7 Å². The number of benzene rings is 1. The first-order chi connectivity index (χ1) is 14.2. The second kappa shape index (κ2) is 7.21. The van der Waals surface area contributed by atoms with E-state index in [1.807, 2.05) is 36.5 Å². The van der Waals surface area contributed by atoms with E-state index in [1.165, 1.54) is 0 Å². The van der Waals surface area contributed by atoms with Gasteiger partial charge in [0.1, 0.15) is 11.6 Å². The number of rotatable bonds is 4. The van der Waals surface area contributed by atoms with Crippen LogP contribution in [0.15, 0.2) is 47.5 Å². The largest absolute Gasteiger partial charge is 0.366 e. The van der Waals surface area contributed by atoms with Gasteiger partial charge in [0.05, 0.1) is 11.6 Å². The van der Waals surface area contributed by atoms with Crippen LogP contribution in [0.2, 0.25) is 0 Å². The minimum absolute atomic E-state index is 0.101. The molecule has 0 spiro atoms. The summed E-state index contributed by atoms with van der Waals surface area (Å²) in [5, 5.41) is 15.5. The van der Waals surface area contributed by atoms with Crippen LogP contribution in [0.1, 0.15) is 25.7 Å². The van der Waals surface area contributed by atoms with E-state index in [0.29, 0.717) is 17.0 Å². The van der Waals surface area contributed by atoms with Crippen LogP contribution in [0.4, 0.5) is 17.3 Å². The van der Waals surface area contributed by atoms with E-state index < -0.39 is 0 Å². The lowest BCUT2D eigenvalue weighted by Crippen LogP contribution is -2.42. The van der Waals surface area contributed by atoms with Crippen LogP contribution >= 0.6 is 0 Å². The Morgan fingerprint density at radius 1 is 1.17 bits per heavy atom. The van der Waals surface area contributed by atoms with Gasteiger partial charge < -0.3 is 21.4 Å². The number of anilines is 3. The third-order valence-electron chi connectivity index (χ3n) is 5.65. The lowest BCUT2D eigenvalue weighted by Gasteiger charge is -2.30. The molecule has 1 saturated carbocycles. The molecule has 8 heteroatoms. The summed E-state index contributed by atoms with van der Waals surface area (Å²) in [6.07, 6.45) is 7.87. The molecule has 1 aromatic carbocycles. The number of hydrogen-bond acceptors (Lipinski definition) is 6. The first-order valence-corrected chi connectivity index (χ1v) is 9.93. The maximum atomic E-state index is 12.5. The van der Waals surface area contributed by atoms with Gasteiger partial charge in [-0.1, -0.05) is 18.9 Å². The minimum Gasteiger partial charge on any atom is -0.366 e. The summed E-state index contributed by atoms with van der Waals surface area (Å²) in [4.78, 5) is 20.5. The number of pyridine rings is 1. The molecule has 5 rings (SSSR count).